The molecule has 2 unspecified atom stereocenters. The predicted molar refractivity (Wildman–Crippen MR) is 87.2 cm³/mol. The van der Waals surface area contributed by atoms with Crippen LogP contribution in [-0.4, -0.2) is 50.1 Å². The van der Waals surface area contributed by atoms with E-state index in [-0.39, 0.29) is 0 Å². The van der Waals surface area contributed by atoms with Crippen molar-refractivity contribution in [3.63, 3.8) is 0 Å². The first kappa shape index (κ1) is 16.9. The summed E-state index contributed by atoms with van der Waals surface area (Å²) in [5.74, 6) is 0.436. The maximum absolute atomic E-state index is 11.7. The maximum Gasteiger partial charge on any atom is 0.211 e. The number of likely N-dealkylation sites (N-methyl/N-ethyl adjacent to an activating group) is 1. The van der Waals surface area contributed by atoms with Gasteiger partial charge in [-0.2, -0.15) is 0 Å². The zero-order valence-electron chi connectivity index (χ0n) is 13.0. The third-order valence-corrected chi connectivity index (χ3v) is 6.19. The Morgan fingerprint density at radius 1 is 1.57 bits per heavy atom. The van der Waals surface area contributed by atoms with E-state index in [1.54, 1.807) is 15.6 Å². The van der Waals surface area contributed by atoms with Crippen molar-refractivity contribution in [1.29, 1.82) is 0 Å². The lowest BCUT2D eigenvalue weighted by Gasteiger charge is -2.32. The van der Waals surface area contributed by atoms with Gasteiger partial charge in [0.2, 0.25) is 10.0 Å². The number of nitrogens with zero attached hydrogens (tertiary/aromatic N) is 2. The smallest absolute Gasteiger partial charge is 0.211 e. The van der Waals surface area contributed by atoms with Gasteiger partial charge >= 0.3 is 0 Å². The molecule has 2 rings (SSSR count). The molecule has 1 aliphatic rings. The van der Waals surface area contributed by atoms with Crippen molar-refractivity contribution in [2.75, 3.05) is 26.4 Å². The van der Waals surface area contributed by atoms with Crippen molar-refractivity contribution < 1.29 is 8.42 Å². The molecule has 7 heteroatoms. The largest absolute Gasteiger partial charge is 0.317 e. The van der Waals surface area contributed by atoms with Gasteiger partial charge in [-0.1, -0.05) is 0 Å². The molecule has 120 valence electrons. The van der Waals surface area contributed by atoms with E-state index >= 15 is 0 Å². The minimum atomic E-state index is -3.05. The lowest BCUT2D eigenvalue weighted by molar-refractivity contribution is 0.239. The Morgan fingerprint density at radius 2 is 2.33 bits per heavy atom. The fourth-order valence-electron chi connectivity index (χ4n) is 2.98. The van der Waals surface area contributed by atoms with Crippen molar-refractivity contribution in [2.24, 2.45) is 5.92 Å². The van der Waals surface area contributed by atoms with Gasteiger partial charge in [0, 0.05) is 30.9 Å². The molecule has 2 atom stereocenters. The molecule has 1 aromatic rings. The molecule has 1 aromatic heterocycles. The summed E-state index contributed by atoms with van der Waals surface area (Å²) in [7, 11) is -1.08. The van der Waals surface area contributed by atoms with Crippen LogP contribution in [0.4, 0.5) is 0 Å². The maximum atomic E-state index is 11.7. The molecule has 0 spiro atoms. The van der Waals surface area contributed by atoms with E-state index < -0.39 is 10.0 Å². The summed E-state index contributed by atoms with van der Waals surface area (Å²) in [6, 6.07) is 0.357. The van der Waals surface area contributed by atoms with Gasteiger partial charge in [0.1, 0.15) is 0 Å². The number of hydrogen-bond donors (Lipinski definition) is 1. The number of hydrogen-bond acceptors (Lipinski definition) is 5. The molecule has 0 amide bonds. The zero-order valence-corrected chi connectivity index (χ0v) is 14.6. The molecule has 1 fully saturated rings. The highest BCUT2D eigenvalue weighted by Crippen LogP contribution is 2.24. The standard InChI is InChI=1S/C14H25N3O2S2/c1-11-16-14(10-20-11)8-13(15-2)7-12-5-4-6-17(9-12)21(3,18)19/h10,12-13,15H,4-9H2,1-3H3. The lowest BCUT2D eigenvalue weighted by Crippen LogP contribution is -2.41. The van der Waals surface area contributed by atoms with Gasteiger partial charge in [-0.15, -0.1) is 11.3 Å². The van der Waals surface area contributed by atoms with E-state index in [4.69, 9.17) is 0 Å². The summed E-state index contributed by atoms with van der Waals surface area (Å²) in [5, 5.41) is 6.57. The highest BCUT2D eigenvalue weighted by molar-refractivity contribution is 7.88. The highest BCUT2D eigenvalue weighted by atomic mass is 32.2. The van der Waals surface area contributed by atoms with E-state index in [1.807, 2.05) is 14.0 Å². The molecule has 1 N–H and O–H groups in total. The van der Waals surface area contributed by atoms with Crippen LogP contribution in [0.1, 0.15) is 30.0 Å². The summed E-state index contributed by atoms with van der Waals surface area (Å²) in [6.45, 7) is 3.35. The van der Waals surface area contributed by atoms with Crippen LogP contribution < -0.4 is 5.32 Å². The first-order chi connectivity index (χ1) is 9.88. The first-order valence-electron chi connectivity index (χ1n) is 7.42. The monoisotopic (exact) mass is 331 g/mol. The molecule has 0 saturated carbocycles. The van der Waals surface area contributed by atoms with Crippen LogP contribution >= 0.6 is 11.3 Å². The second kappa shape index (κ2) is 7.17. The first-order valence-corrected chi connectivity index (χ1v) is 10.1. The summed E-state index contributed by atoms with van der Waals surface area (Å²) in [6.07, 6.45) is 5.29. The van der Waals surface area contributed by atoms with Gasteiger partial charge < -0.3 is 5.32 Å². The quantitative estimate of drug-likeness (QED) is 0.861. The van der Waals surface area contributed by atoms with E-state index in [0.29, 0.717) is 25.0 Å². The summed E-state index contributed by atoms with van der Waals surface area (Å²) >= 11 is 1.68. The molecule has 0 bridgehead atoms. The van der Waals surface area contributed by atoms with Crippen LogP contribution in [0.15, 0.2) is 5.38 Å². The molecule has 21 heavy (non-hydrogen) atoms. The van der Waals surface area contributed by atoms with E-state index in [9.17, 15) is 8.42 Å². The Bertz CT molecular complexity index is 556. The molecule has 2 heterocycles. The SMILES string of the molecule is CNC(Cc1csc(C)n1)CC1CCCN(S(C)(=O)=O)C1. The van der Waals surface area contributed by atoms with Crippen LogP contribution in [0.5, 0.6) is 0 Å². The second-order valence-corrected chi connectivity index (χ2v) is 8.96. The second-order valence-electron chi connectivity index (χ2n) is 5.91. The van der Waals surface area contributed by atoms with Crippen molar-refractivity contribution in [1.82, 2.24) is 14.6 Å². The fraction of sp³-hybridized carbons (Fsp3) is 0.786. The number of nitrogens with one attached hydrogen (secondary N) is 1. The third-order valence-electron chi connectivity index (χ3n) is 4.10. The van der Waals surface area contributed by atoms with Crippen LogP contribution in [0.25, 0.3) is 0 Å². The molecule has 0 aliphatic carbocycles. The van der Waals surface area contributed by atoms with Crippen LogP contribution in [0.2, 0.25) is 0 Å². The fourth-order valence-corrected chi connectivity index (χ4v) is 4.55. The lowest BCUT2D eigenvalue weighted by atomic mass is 9.91. The number of rotatable bonds is 6. The van der Waals surface area contributed by atoms with E-state index in [0.717, 1.165) is 36.4 Å². The Kier molecular flexibility index (Phi) is 5.76. The zero-order chi connectivity index (χ0) is 15.5. The van der Waals surface area contributed by atoms with Gasteiger partial charge in [-0.3, -0.25) is 0 Å². The van der Waals surface area contributed by atoms with Gasteiger partial charge in [-0.05, 0) is 39.2 Å². The topological polar surface area (TPSA) is 62.3 Å². The third kappa shape index (κ3) is 5.02. The van der Waals surface area contributed by atoms with Gasteiger partial charge in [-0.25, -0.2) is 17.7 Å². The van der Waals surface area contributed by atoms with Gasteiger partial charge in [0.25, 0.3) is 0 Å². The number of piperidine rings is 1. The van der Waals surface area contributed by atoms with Crippen molar-refractivity contribution >= 4 is 21.4 Å². The summed E-state index contributed by atoms with van der Waals surface area (Å²) in [5.41, 5.74) is 1.13. The average Bonchev–Trinajstić information content (AvgIpc) is 2.83. The molecule has 1 saturated heterocycles. The van der Waals surface area contributed by atoms with Gasteiger partial charge in [0.05, 0.1) is 17.0 Å². The van der Waals surface area contributed by atoms with Gasteiger partial charge in [0.15, 0.2) is 0 Å². The molecule has 0 aromatic carbocycles. The predicted octanol–water partition coefficient (Wildman–Crippen LogP) is 1.64. The number of aryl methyl sites for hydroxylation is 1. The Morgan fingerprint density at radius 3 is 2.90 bits per heavy atom. The van der Waals surface area contributed by atoms with Crippen molar-refractivity contribution in [3.8, 4) is 0 Å². The van der Waals surface area contributed by atoms with E-state index in [1.165, 1.54) is 6.26 Å². The Labute approximate surface area is 131 Å². The number of sulfonamides is 1. The molecular formula is C14H25N3O2S2. The molecule has 0 radical (unpaired) electrons. The average molecular weight is 332 g/mol. The van der Waals surface area contributed by atoms with Crippen molar-refractivity contribution in [2.45, 2.75) is 38.6 Å². The van der Waals surface area contributed by atoms with Crippen LogP contribution in [0.3, 0.4) is 0 Å². The summed E-state index contributed by atoms with van der Waals surface area (Å²) in [4.78, 5) is 4.52. The number of aromatic nitrogens is 1. The van der Waals surface area contributed by atoms with Crippen LogP contribution in [-0.2, 0) is 16.4 Å². The number of thiazole rings is 1. The highest BCUT2D eigenvalue weighted by Gasteiger charge is 2.27. The summed E-state index contributed by atoms with van der Waals surface area (Å²) < 4.78 is 25.0. The Balaban J connectivity index is 1.92. The Hall–Kier alpha value is -0.500. The molecule has 1 aliphatic heterocycles. The minimum Gasteiger partial charge on any atom is -0.317 e. The molecular weight excluding hydrogens is 306 g/mol. The van der Waals surface area contributed by atoms with E-state index in [2.05, 4.69) is 15.7 Å². The van der Waals surface area contributed by atoms with Crippen LogP contribution in [0, 0.1) is 12.8 Å². The van der Waals surface area contributed by atoms with Crippen molar-refractivity contribution in [3.05, 3.63) is 16.1 Å². The minimum absolute atomic E-state index is 0.357. The molecule has 5 nitrogen and oxygen atoms in total. The normalized spacial score (nSPS) is 22.3.